The Labute approximate surface area is 209 Å². The van der Waals surface area contributed by atoms with Gasteiger partial charge in [0.25, 0.3) is 11.6 Å². The third kappa shape index (κ3) is 5.05. The number of carbonyl (C=O) groups is 2. The van der Waals surface area contributed by atoms with E-state index in [-0.39, 0.29) is 24.2 Å². The third-order valence-corrected chi connectivity index (χ3v) is 6.64. The Kier molecular flexibility index (Phi) is 7.00. The molecule has 0 bridgehead atoms. The number of hydrogen-bond donors (Lipinski definition) is 0. The minimum Gasteiger partial charge on any atom is -0.491 e. The number of aryl methyl sites for hydroxylation is 1. The van der Waals surface area contributed by atoms with Crippen molar-refractivity contribution in [3.05, 3.63) is 88.7 Å². The van der Waals surface area contributed by atoms with Gasteiger partial charge in [0.1, 0.15) is 17.9 Å². The molecule has 9 nitrogen and oxygen atoms in total. The summed E-state index contributed by atoms with van der Waals surface area (Å²) in [6.07, 6.45) is 4.63. The summed E-state index contributed by atoms with van der Waals surface area (Å²) in [6.45, 7) is 3.62. The largest absolute Gasteiger partial charge is 0.491 e. The molecule has 36 heavy (non-hydrogen) atoms. The predicted octanol–water partition coefficient (Wildman–Crippen LogP) is 4.71. The number of hydrogen-bond acceptors (Lipinski definition) is 6. The van der Waals surface area contributed by atoms with Crippen molar-refractivity contribution in [2.75, 3.05) is 13.7 Å². The number of pyridine rings is 1. The second-order valence-electron chi connectivity index (χ2n) is 9.27. The summed E-state index contributed by atoms with van der Waals surface area (Å²) in [7, 11) is 1.63. The summed E-state index contributed by atoms with van der Waals surface area (Å²) in [5.41, 5.74) is 1.70. The zero-order chi connectivity index (χ0) is 25.9. The van der Waals surface area contributed by atoms with Gasteiger partial charge < -0.3 is 9.64 Å². The summed E-state index contributed by atoms with van der Waals surface area (Å²) >= 11 is 0. The van der Waals surface area contributed by atoms with E-state index in [0.717, 1.165) is 16.7 Å². The van der Waals surface area contributed by atoms with Crippen molar-refractivity contribution in [1.29, 1.82) is 0 Å². The monoisotopic (exact) mass is 488 g/mol. The molecule has 186 valence electrons. The van der Waals surface area contributed by atoms with Crippen LogP contribution in [-0.2, 0) is 11.2 Å². The number of urea groups is 1. The van der Waals surface area contributed by atoms with Crippen LogP contribution in [-0.4, -0.2) is 56.9 Å². The second kappa shape index (κ2) is 10.2. The molecule has 1 aliphatic rings. The summed E-state index contributed by atoms with van der Waals surface area (Å²) < 4.78 is 6.04. The zero-order valence-electron chi connectivity index (χ0n) is 20.5. The fourth-order valence-electron chi connectivity index (χ4n) is 4.15. The number of benzene rings is 2. The first-order valence-electron chi connectivity index (χ1n) is 11.7. The van der Waals surface area contributed by atoms with Crippen LogP contribution in [0.3, 0.4) is 0 Å². The first kappa shape index (κ1) is 24.8. The maximum Gasteiger partial charge on any atom is 0.327 e. The van der Waals surface area contributed by atoms with Gasteiger partial charge in [-0.15, -0.1) is 0 Å². The summed E-state index contributed by atoms with van der Waals surface area (Å²) in [5, 5.41) is 11.1. The minimum absolute atomic E-state index is 0.0257. The van der Waals surface area contributed by atoms with Gasteiger partial charge in [0.05, 0.1) is 11.0 Å². The van der Waals surface area contributed by atoms with Crippen molar-refractivity contribution in [2.45, 2.75) is 38.3 Å². The van der Waals surface area contributed by atoms with Gasteiger partial charge in [0.2, 0.25) is 0 Å². The number of rotatable bonds is 9. The Morgan fingerprint density at radius 2 is 1.72 bits per heavy atom. The van der Waals surface area contributed by atoms with E-state index in [0.29, 0.717) is 18.6 Å². The molecule has 2 heterocycles. The third-order valence-electron chi connectivity index (χ3n) is 6.64. The molecule has 3 amide bonds. The Morgan fingerprint density at radius 1 is 1.03 bits per heavy atom. The van der Waals surface area contributed by atoms with Crippen molar-refractivity contribution in [1.82, 2.24) is 14.8 Å². The number of non-ortho nitro benzene ring substituents is 1. The van der Waals surface area contributed by atoms with E-state index >= 15 is 0 Å². The fourth-order valence-corrected chi connectivity index (χ4v) is 4.15. The first-order valence-corrected chi connectivity index (χ1v) is 11.7. The van der Waals surface area contributed by atoms with Gasteiger partial charge in [-0.1, -0.05) is 24.3 Å². The molecule has 2 aromatic carbocycles. The van der Waals surface area contributed by atoms with E-state index in [1.165, 1.54) is 21.9 Å². The molecule has 0 radical (unpaired) electrons. The molecule has 1 aromatic heterocycles. The van der Waals surface area contributed by atoms with E-state index in [9.17, 15) is 19.7 Å². The lowest BCUT2D eigenvalue weighted by Gasteiger charge is -2.26. The molecule has 9 heteroatoms. The normalized spacial score (nSPS) is 15.8. The molecule has 1 saturated heterocycles. The molecule has 3 aromatic rings. The Hall–Kier alpha value is -4.27. The molecule has 1 aliphatic heterocycles. The molecule has 0 saturated carbocycles. The molecule has 0 spiro atoms. The number of carbonyl (C=O) groups excluding carboxylic acids is 2. The molecule has 4 rings (SSSR count). The highest BCUT2D eigenvalue weighted by Gasteiger charge is 2.51. The van der Waals surface area contributed by atoms with E-state index in [4.69, 9.17) is 4.74 Å². The number of likely N-dealkylation sites (N-methyl/N-ethyl adjacent to an activating group) is 1. The number of imide groups is 1. The van der Waals surface area contributed by atoms with Crippen LogP contribution in [0.5, 0.6) is 5.75 Å². The van der Waals surface area contributed by atoms with Crippen LogP contribution in [0.15, 0.2) is 73.1 Å². The molecule has 0 N–H and O–H groups in total. The van der Waals surface area contributed by atoms with Crippen LogP contribution < -0.4 is 4.74 Å². The second-order valence-corrected chi connectivity index (χ2v) is 9.27. The van der Waals surface area contributed by atoms with Crippen molar-refractivity contribution in [3.8, 4) is 16.9 Å². The smallest absolute Gasteiger partial charge is 0.327 e. The number of aromatic nitrogens is 1. The zero-order valence-corrected chi connectivity index (χ0v) is 20.5. The van der Waals surface area contributed by atoms with E-state index in [1.807, 2.05) is 24.3 Å². The van der Waals surface area contributed by atoms with Crippen molar-refractivity contribution in [3.63, 3.8) is 0 Å². The molecule has 0 aliphatic carbocycles. The molecule has 1 unspecified atom stereocenters. The number of amides is 3. The number of nitro benzene ring substituents is 1. The Bertz CT molecular complexity index is 1260. The number of nitrogens with zero attached hydrogens (tertiary/aromatic N) is 4. The van der Waals surface area contributed by atoms with Crippen molar-refractivity contribution >= 4 is 17.6 Å². The van der Waals surface area contributed by atoms with Crippen LogP contribution >= 0.6 is 0 Å². The molecular weight excluding hydrogens is 460 g/mol. The summed E-state index contributed by atoms with van der Waals surface area (Å²) in [4.78, 5) is 43.6. The Morgan fingerprint density at radius 3 is 2.33 bits per heavy atom. The molecular formula is C27H28N4O5. The van der Waals surface area contributed by atoms with Crippen molar-refractivity contribution in [2.24, 2.45) is 0 Å². The average molecular weight is 489 g/mol. The van der Waals surface area contributed by atoms with Gasteiger partial charge in [0.15, 0.2) is 0 Å². The molecule has 1 atom stereocenters. The van der Waals surface area contributed by atoms with Gasteiger partial charge in [-0.3, -0.25) is 24.8 Å². The Balaban J connectivity index is 1.50. The lowest BCUT2D eigenvalue weighted by molar-refractivity contribution is -0.384. The fraction of sp³-hybridized carbons (Fsp3) is 0.296. The average Bonchev–Trinajstić information content (AvgIpc) is 3.04. The van der Waals surface area contributed by atoms with Gasteiger partial charge in [-0.05, 0) is 67.6 Å². The highest BCUT2D eigenvalue weighted by Crippen LogP contribution is 2.30. The van der Waals surface area contributed by atoms with E-state index < -0.39 is 16.5 Å². The molecule has 1 fully saturated rings. The van der Waals surface area contributed by atoms with Crippen LogP contribution in [0.4, 0.5) is 10.5 Å². The topological polar surface area (TPSA) is 106 Å². The van der Waals surface area contributed by atoms with Gasteiger partial charge in [-0.2, -0.15) is 0 Å². The SMILES string of the molecule is CN1C(=O)N(C(CCc2ccncc2)COc2ccc(-c3cccc([N+](=O)[O-])c3)cc2)C(=O)C1(C)C. The van der Waals surface area contributed by atoms with Gasteiger partial charge >= 0.3 is 6.03 Å². The lowest BCUT2D eigenvalue weighted by Crippen LogP contribution is -2.46. The van der Waals surface area contributed by atoms with Crippen LogP contribution in [0, 0.1) is 10.1 Å². The summed E-state index contributed by atoms with van der Waals surface area (Å²) in [5.74, 6) is 0.323. The van der Waals surface area contributed by atoms with E-state index in [1.54, 1.807) is 57.6 Å². The number of ether oxygens (including phenoxy) is 1. The minimum atomic E-state index is -0.925. The predicted molar refractivity (Wildman–Crippen MR) is 134 cm³/mol. The maximum absolute atomic E-state index is 13.1. The standard InChI is InChI=1S/C27H28N4O5/c1-27(2)25(32)30(26(33)29(27)3)23(10-7-19-13-15-28-16-14-19)18-36-24-11-8-20(9-12-24)21-5-4-6-22(17-21)31(34)35/h4-6,8-9,11-17,23H,7,10,18H2,1-3H3. The highest BCUT2D eigenvalue weighted by molar-refractivity contribution is 6.06. The van der Waals surface area contributed by atoms with Gasteiger partial charge in [0, 0.05) is 31.6 Å². The number of nitro groups is 1. The van der Waals surface area contributed by atoms with Gasteiger partial charge in [-0.25, -0.2) is 4.79 Å². The first-order chi connectivity index (χ1) is 17.2. The maximum atomic E-state index is 13.1. The van der Waals surface area contributed by atoms with E-state index in [2.05, 4.69) is 4.98 Å². The highest BCUT2D eigenvalue weighted by atomic mass is 16.6. The van der Waals surface area contributed by atoms with Crippen LogP contribution in [0.2, 0.25) is 0 Å². The lowest BCUT2D eigenvalue weighted by atomic mass is 10.0. The van der Waals surface area contributed by atoms with Crippen LogP contribution in [0.1, 0.15) is 25.8 Å². The van der Waals surface area contributed by atoms with Crippen molar-refractivity contribution < 1.29 is 19.2 Å². The summed E-state index contributed by atoms with van der Waals surface area (Å²) in [6, 6.07) is 16.6. The quantitative estimate of drug-likeness (QED) is 0.245. The van der Waals surface area contributed by atoms with Crippen LogP contribution in [0.25, 0.3) is 11.1 Å².